The van der Waals surface area contributed by atoms with Gasteiger partial charge >= 0.3 is 0 Å². The molecule has 0 bridgehead atoms. The normalized spacial score (nSPS) is 24.9. The zero-order chi connectivity index (χ0) is 12.4. The average Bonchev–Trinajstić information content (AvgIpc) is 2.87. The Morgan fingerprint density at radius 3 is 2.78 bits per heavy atom. The van der Waals surface area contributed by atoms with Crippen LogP contribution in [0.1, 0.15) is 44.6 Å². The van der Waals surface area contributed by atoms with Crippen molar-refractivity contribution in [2.45, 2.75) is 57.7 Å². The smallest absolute Gasteiger partial charge is 0.0414 e. The molecule has 1 aliphatic heterocycles. The highest BCUT2D eigenvalue weighted by molar-refractivity contribution is 5.55. The maximum Gasteiger partial charge on any atom is 0.0414 e. The summed E-state index contributed by atoms with van der Waals surface area (Å²) in [5, 5.41) is 3.70. The molecule has 0 aromatic heterocycles. The standard InChI is InChI=1S/C16H24N2/c1-2-14-12-18(15-8-4-5-9-15)16-10-6-3-7-13(16)11-17-14/h3,6-7,10,14-15,17H,2,4-5,8-9,11-12H2,1H3. The summed E-state index contributed by atoms with van der Waals surface area (Å²) in [6, 6.07) is 10.4. The van der Waals surface area contributed by atoms with E-state index in [9.17, 15) is 0 Å². The molecular formula is C16H24N2. The molecule has 1 aromatic rings. The molecule has 0 amide bonds. The molecule has 2 aliphatic rings. The molecular weight excluding hydrogens is 220 g/mol. The number of para-hydroxylation sites is 1. The number of nitrogens with one attached hydrogen (secondary N) is 1. The van der Waals surface area contributed by atoms with Gasteiger partial charge in [-0.05, 0) is 30.9 Å². The maximum absolute atomic E-state index is 3.70. The number of hydrogen-bond donors (Lipinski definition) is 1. The molecule has 1 N–H and O–H groups in total. The summed E-state index contributed by atoms with van der Waals surface area (Å²) in [5.74, 6) is 0. The van der Waals surface area contributed by atoms with Crippen LogP contribution in [0.15, 0.2) is 24.3 Å². The van der Waals surface area contributed by atoms with Crippen molar-refractivity contribution >= 4 is 5.69 Å². The van der Waals surface area contributed by atoms with E-state index in [1.54, 1.807) is 0 Å². The fourth-order valence-corrected chi connectivity index (χ4v) is 3.43. The Kier molecular flexibility index (Phi) is 3.55. The lowest BCUT2D eigenvalue weighted by atomic mass is 10.1. The second-order valence-electron chi connectivity index (χ2n) is 5.71. The molecule has 0 radical (unpaired) electrons. The average molecular weight is 244 g/mol. The highest BCUT2D eigenvalue weighted by Gasteiger charge is 2.28. The van der Waals surface area contributed by atoms with Crippen molar-refractivity contribution < 1.29 is 0 Å². The number of anilines is 1. The lowest BCUT2D eigenvalue weighted by molar-refractivity contribution is 0.479. The SMILES string of the molecule is CCC1CN(C2CCCC2)c2ccccc2CN1. The van der Waals surface area contributed by atoms with Gasteiger partial charge in [0.25, 0.3) is 0 Å². The van der Waals surface area contributed by atoms with Crippen LogP contribution in [-0.2, 0) is 6.54 Å². The lowest BCUT2D eigenvalue weighted by Crippen LogP contribution is -2.42. The van der Waals surface area contributed by atoms with Gasteiger partial charge in [-0.3, -0.25) is 0 Å². The number of hydrogen-bond acceptors (Lipinski definition) is 2. The van der Waals surface area contributed by atoms with Crippen LogP contribution >= 0.6 is 0 Å². The van der Waals surface area contributed by atoms with Crippen molar-refractivity contribution in [3.8, 4) is 0 Å². The summed E-state index contributed by atoms with van der Waals surface area (Å²) >= 11 is 0. The Hall–Kier alpha value is -1.02. The summed E-state index contributed by atoms with van der Waals surface area (Å²) < 4.78 is 0. The molecule has 2 heteroatoms. The predicted octanol–water partition coefficient (Wildman–Crippen LogP) is 3.32. The van der Waals surface area contributed by atoms with Crippen molar-refractivity contribution in [3.63, 3.8) is 0 Å². The van der Waals surface area contributed by atoms with Gasteiger partial charge in [0.15, 0.2) is 0 Å². The topological polar surface area (TPSA) is 15.3 Å². The van der Waals surface area contributed by atoms with Crippen molar-refractivity contribution in [1.29, 1.82) is 0 Å². The van der Waals surface area contributed by atoms with Gasteiger partial charge < -0.3 is 10.2 Å². The molecule has 1 atom stereocenters. The third-order valence-corrected chi connectivity index (χ3v) is 4.56. The number of nitrogens with zero attached hydrogens (tertiary/aromatic N) is 1. The summed E-state index contributed by atoms with van der Waals surface area (Å²) in [4.78, 5) is 2.69. The van der Waals surface area contributed by atoms with Crippen molar-refractivity contribution in [3.05, 3.63) is 29.8 Å². The van der Waals surface area contributed by atoms with Crippen LogP contribution in [0.5, 0.6) is 0 Å². The highest BCUT2D eigenvalue weighted by Crippen LogP contribution is 2.32. The molecule has 1 aliphatic carbocycles. The van der Waals surface area contributed by atoms with Gasteiger partial charge in [0, 0.05) is 30.9 Å². The monoisotopic (exact) mass is 244 g/mol. The molecule has 0 spiro atoms. The van der Waals surface area contributed by atoms with Gasteiger partial charge in [0.1, 0.15) is 0 Å². The van der Waals surface area contributed by atoms with Crippen LogP contribution in [0.25, 0.3) is 0 Å². The van der Waals surface area contributed by atoms with E-state index < -0.39 is 0 Å². The van der Waals surface area contributed by atoms with Crippen LogP contribution in [0.2, 0.25) is 0 Å². The third kappa shape index (κ3) is 2.26. The first-order valence-corrected chi connectivity index (χ1v) is 7.46. The molecule has 18 heavy (non-hydrogen) atoms. The quantitative estimate of drug-likeness (QED) is 0.858. The fourth-order valence-electron chi connectivity index (χ4n) is 3.43. The third-order valence-electron chi connectivity index (χ3n) is 4.56. The Morgan fingerprint density at radius 2 is 2.00 bits per heavy atom. The number of rotatable bonds is 2. The van der Waals surface area contributed by atoms with Gasteiger partial charge in [-0.15, -0.1) is 0 Å². The summed E-state index contributed by atoms with van der Waals surface area (Å²) in [6.07, 6.45) is 6.80. The molecule has 1 unspecified atom stereocenters. The van der Waals surface area contributed by atoms with Crippen LogP contribution in [0, 0.1) is 0 Å². The van der Waals surface area contributed by atoms with Gasteiger partial charge in [-0.2, -0.15) is 0 Å². The van der Waals surface area contributed by atoms with Crippen molar-refractivity contribution in [2.75, 3.05) is 11.4 Å². The number of fused-ring (bicyclic) bond motifs is 1. The minimum absolute atomic E-state index is 0.637. The van der Waals surface area contributed by atoms with Crippen LogP contribution in [-0.4, -0.2) is 18.6 Å². The maximum atomic E-state index is 3.70. The first kappa shape index (κ1) is 12.0. The first-order valence-electron chi connectivity index (χ1n) is 7.46. The van der Waals surface area contributed by atoms with Gasteiger partial charge in [-0.25, -0.2) is 0 Å². The summed E-state index contributed by atoms with van der Waals surface area (Å²) in [6.45, 7) is 4.50. The van der Waals surface area contributed by atoms with E-state index in [1.807, 2.05) is 0 Å². The van der Waals surface area contributed by atoms with E-state index in [4.69, 9.17) is 0 Å². The Morgan fingerprint density at radius 1 is 1.22 bits per heavy atom. The van der Waals surface area contributed by atoms with Crippen LogP contribution in [0.3, 0.4) is 0 Å². The highest BCUT2D eigenvalue weighted by atomic mass is 15.2. The van der Waals surface area contributed by atoms with Gasteiger partial charge in [0.2, 0.25) is 0 Å². The number of benzene rings is 1. The second kappa shape index (κ2) is 5.31. The van der Waals surface area contributed by atoms with Gasteiger partial charge in [-0.1, -0.05) is 38.0 Å². The Balaban J connectivity index is 1.91. The second-order valence-corrected chi connectivity index (χ2v) is 5.71. The minimum atomic E-state index is 0.637. The summed E-state index contributed by atoms with van der Waals surface area (Å²) in [5.41, 5.74) is 2.95. The van der Waals surface area contributed by atoms with E-state index in [1.165, 1.54) is 49.9 Å². The summed E-state index contributed by atoms with van der Waals surface area (Å²) in [7, 11) is 0. The fraction of sp³-hybridized carbons (Fsp3) is 0.625. The first-order chi connectivity index (χ1) is 8.88. The van der Waals surface area contributed by atoms with Crippen LogP contribution < -0.4 is 10.2 Å². The molecule has 1 heterocycles. The zero-order valence-electron chi connectivity index (χ0n) is 11.4. The van der Waals surface area contributed by atoms with E-state index in [-0.39, 0.29) is 0 Å². The van der Waals surface area contributed by atoms with Crippen molar-refractivity contribution in [1.82, 2.24) is 5.32 Å². The lowest BCUT2D eigenvalue weighted by Gasteiger charge is -2.33. The van der Waals surface area contributed by atoms with Crippen molar-refractivity contribution in [2.24, 2.45) is 0 Å². The molecule has 0 saturated heterocycles. The van der Waals surface area contributed by atoms with E-state index >= 15 is 0 Å². The molecule has 3 rings (SSSR count). The van der Waals surface area contributed by atoms with E-state index in [0.717, 1.165) is 12.6 Å². The molecule has 1 saturated carbocycles. The molecule has 98 valence electrons. The van der Waals surface area contributed by atoms with E-state index in [0.29, 0.717) is 6.04 Å². The predicted molar refractivity (Wildman–Crippen MR) is 77.0 cm³/mol. The largest absolute Gasteiger partial charge is 0.367 e. The molecule has 1 fully saturated rings. The Bertz CT molecular complexity index is 396. The minimum Gasteiger partial charge on any atom is -0.367 e. The van der Waals surface area contributed by atoms with E-state index in [2.05, 4.69) is 41.4 Å². The zero-order valence-corrected chi connectivity index (χ0v) is 11.4. The Labute approximate surface area is 110 Å². The van der Waals surface area contributed by atoms with Gasteiger partial charge in [0.05, 0.1) is 0 Å². The molecule has 1 aromatic carbocycles. The van der Waals surface area contributed by atoms with Crippen LogP contribution in [0.4, 0.5) is 5.69 Å². The molecule has 2 nitrogen and oxygen atoms in total.